The second-order valence-electron chi connectivity index (χ2n) is 12.3. The SMILES string of the molecule is CCCCC=CCCCCCCCC(=O)OC(CO)COC(=O)CCCCCCCCCCCCCCCCCCC. The molecule has 0 aliphatic heterocycles. The van der Waals surface area contributed by atoms with Crippen LogP contribution in [0.3, 0.4) is 0 Å². The van der Waals surface area contributed by atoms with Crippen molar-refractivity contribution in [2.75, 3.05) is 13.2 Å². The van der Waals surface area contributed by atoms with E-state index < -0.39 is 6.10 Å². The van der Waals surface area contributed by atoms with Gasteiger partial charge in [0.2, 0.25) is 0 Å². The van der Waals surface area contributed by atoms with Crippen LogP contribution in [-0.2, 0) is 19.1 Å². The summed E-state index contributed by atoms with van der Waals surface area (Å²) < 4.78 is 10.6. The molecule has 0 aromatic rings. The molecule has 0 aliphatic carbocycles. The number of carbonyl (C=O) groups excluding carboxylic acids is 2. The number of aliphatic hydroxyl groups is 1. The fraction of sp³-hybridized carbons (Fsp3) is 0.892. The number of esters is 2. The van der Waals surface area contributed by atoms with Crippen molar-refractivity contribution in [3.05, 3.63) is 12.2 Å². The van der Waals surface area contributed by atoms with E-state index >= 15 is 0 Å². The van der Waals surface area contributed by atoms with E-state index in [1.54, 1.807) is 0 Å². The average Bonchev–Trinajstić information content (AvgIpc) is 2.99. The zero-order valence-corrected chi connectivity index (χ0v) is 28.0. The van der Waals surface area contributed by atoms with E-state index in [1.165, 1.54) is 122 Å². The van der Waals surface area contributed by atoms with Gasteiger partial charge in [0, 0.05) is 12.8 Å². The smallest absolute Gasteiger partial charge is 0.306 e. The fourth-order valence-corrected chi connectivity index (χ4v) is 5.24. The van der Waals surface area contributed by atoms with Crippen LogP contribution in [0.1, 0.15) is 194 Å². The second-order valence-corrected chi connectivity index (χ2v) is 12.3. The zero-order valence-electron chi connectivity index (χ0n) is 28.0. The maximum Gasteiger partial charge on any atom is 0.306 e. The van der Waals surface area contributed by atoms with Crippen molar-refractivity contribution in [2.24, 2.45) is 0 Å². The Morgan fingerprint density at radius 2 is 0.905 bits per heavy atom. The highest BCUT2D eigenvalue weighted by Gasteiger charge is 2.16. The normalized spacial score (nSPS) is 12.2. The first kappa shape index (κ1) is 40.6. The Morgan fingerprint density at radius 1 is 0.524 bits per heavy atom. The van der Waals surface area contributed by atoms with Crippen LogP contribution in [0, 0.1) is 0 Å². The van der Waals surface area contributed by atoms with Gasteiger partial charge in [0.25, 0.3) is 0 Å². The van der Waals surface area contributed by atoms with Crippen LogP contribution in [0.4, 0.5) is 0 Å². The van der Waals surface area contributed by atoms with Gasteiger partial charge in [0.05, 0.1) is 6.61 Å². The Morgan fingerprint density at radius 3 is 1.36 bits per heavy atom. The number of hydrogen-bond donors (Lipinski definition) is 1. The minimum absolute atomic E-state index is 0.0637. The lowest BCUT2D eigenvalue weighted by molar-refractivity contribution is -0.161. The summed E-state index contributed by atoms with van der Waals surface area (Å²) >= 11 is 0. The molecule has 5 nitrogen and oxygen atoms in total. The van der Waals surface area contributed by atoms with Gasteiger partial charge in [-0.15, -0.1) is 0 Å². The van der Waals surface area contributed by atoms with Crippen LogP contribution in [0.15, 0.2) is 12.2 Å². The molecule has 0 aromatic heterocycles. The van der Waals surface area contributed by atoms with Gasteiger partial charge in [0.1, 0.15) is 6.61 Å². The molecule has 0 bridgehead atoms. The summed E-state index contributed by atoms with van der Waals surface area (Å²) in [6.45, 7) is 4.10. The molecular formula is C37H70O5. The van der Waals surface area contributed by atoms with Gasteiger partial charge in [-0.25, -0.2) is 0 Å². The lowest BCUT2D eigenvalue weighted by Crippen LogP contribution is -2.28. The van der Waals surface area contributed by atoms with Crippen LogP contribution in [0.25, 0.3) is 0 Å². The molecule has 1 N–H and O–H groups in total. The zero-order chi connectivity index (χ0) is 30.8. The second kappa shape index (κ2) is 34.1. The number of ether oxygens (including phenoxy) is 2. The summed E-state index contributed by atoms with van der Waals surface area (Å²) in [6.07, 6.45) is 37.0. The fourth-order valence-electron chi connectivity index (χ4n) is 5.24. The molecule has 0 fully saturated rings. The highest BCUT2D eigenvalue weighted by atomic mass is 16.6. The molecule has 1 unspecified atom stereocenters. The molecule has 5 heteroatoms. The number of aliphatic hydroxyl groups excluding tert-OH is 1. The van der Waals surface area contributed by atoms with Crippen LogP contribution in [0.2, 0.25) is 0 Å². The van der Waals surface area contributed by atoms with Crippen LogP contribution in [0.5, 0.6) is 0 Å². The molecule has 0 radical (unpaired) electrons. The number of carbonyl (C=O) groups is 2. The van der Waals surface area contributed by atoms with Crippen molar-refractivity contribution >= 4 is 11.9 Å². The van der Waals surface area contributed by atoms with Crippen LogP contribution >= 0.6 is 0 Å². The first-order valence-corrected chi connectivity index (χ1v) is 18.2. The first-order chi connectivity index (χ1) is 20.6. The molecule has 1 atom stereocenters. The van der Waals surface area contributed by atoms with Gasteiger partial charge >= 0.3 is 11.9 Å². The summed E-state index contributed by atoms with van der Waals surface area (Å²) in [7, 11) is 0. The Balaban J connectivity index is 3.51. The third kappa shape index (κ3) is 31.6. The summed E-state index contributed by atoms with van der Waals surface area (Å²) in [5.41, 5.74) is 0. The van der Waals surface area contributed by atoms with Crippen molar-refractivity contribution in [3.63, 3.8) is 0 Å². The molecular weight excluding hydrogens is 524 g/mol. The summed E-state index contributed by atoms with van der Waals surface area (Å²) in [6, 6.07) is 0. The van der Waals surface area contributed by atoms with Crippen molar-refractivity contribution in [2.45, 2.75) is 200 Å². The van der Waals surface area contributed by atoms with Gasteiger partial charge in [-0.3, -0.25) is 9.59 Å². The number of rotatable bonds is 33. The largest absolute Gasteiger partial charge is 0.462 e. The average molecular weight is 595 g/mol. The summed E-state index contributed by atoms with van der Waals surface area (Å²) in [5.74, 6) is -0.595. The topological polar surface area (TPSA) is 72.8 Å². The van der Waals surface area contributed by atoms with E-state index in [2.05, 4.69) is 26.0 Å². The molecule has 0 heterocycles. The van der Waals surface area contributed by atoms with Crippen molar-refractivity contribution < 1.29 is 24.2 Å². The highest BCUT2D eigenvalue weighted by Crippen LogP contribution is 2.15. The molecule has 248 valence electrons. The minimum atomic E-state index is -0.767. The van der Waals surface area contributed by atoms with Crippen LogP contribution in [-0.4, -0.2) is 36.4 Å². The van der Waals surface area contributed by atoms with E-state index in [4.69, 9.17) is 9.47 Å². The molecule has 0 aliphatic rings. The van der Waals surface area contributed by atoms with Gasteiger partial charge in [-0.2, -0.15) is 0 Å². The van der Waals surface area contributed by atoms with E-state index in [0.29, 0.717) is 12.8 Å². The summed E-state index contributed by atoms with van der Waals surface area (Å²) in [5, 5.41) is 9.51. The quantitative estimate of drug-likeness (QED) is 0.0465. The monoisotopic (exact) mass is 595 g/mol. The van der Waals surface area contributed by atoms with Crippen LogP contribution < -0.4 is 0 Å². The number of unbranched alkanes of at least 4 members (excludes halogenated alkanes) is 23. The number of allylic oxidation sites excluding steroid dienone is 2. The predicted molar refractivity (Wildman–Crippen MR) is 178 cm³/mol. The minimum Gasteiger partial charge on any atom is -0.462 e. The van der Waals surface area contributed by atoms with Crippen molar-refractivity contribution in [1.29, 1.82) is 0 Å². The third-order valence-electron chi connectivity index (χ3n) is 8.06. The molecule has 42 heavy (non-hydrogen) atoms. The molecule has 0 rings (SSSR count). The Labute approximate surface area is 261 Å². The van der Waals surface area contributed by atoms with Crippen molar-refractivity contribution in [1.82, 2.24) is 0 Å². The predicted octanol–water partition coefficient (Wildman–Crippen LogP) is 11.0. The Hall–Kier alpha value is -1.36. The molecule has 0 saturated heterocycles. The summed E-state index contributed by atoms with van der Waals surface area (Å²) in [4.78, 5) is 24.1. The van der Waals surface area contributed by atoms with Gasteiger partial charge < -0.3 is 14.6 Å². The number of hydrogen-bond acceptors (Lipinski definition) is 5. The van der Waals surface area contributed by atoms with E-state index in [1.807, 2.05) is 0 Å². The maximum atomic E-state index is 12.1. The third-order valence-corrected chi connectivity index (χ3v) is 8.06. The van der Waals surface area contributed by atoms with Gasteiger partial charge in [0.15, 0.2) is 6.10 Å². The molecule has 0 amide bonds. The van der Waals surface area contributed by atoms with E-state index in [9.17, 15) is 14.7 Å². The molecule has 0 aromatic carbocycles. The van der Waals surface area contributed by atoms with E-state index in [0.717, 1.165) is 44.9 Å². The Kier molecular flexibility index (Phi) is 33.0. The van der Waals surface area contributed by atoms with E-state index in [-0.39, 0.29) is 25.2 Å². The molecule has 0 saturated carbocycles. The van der Waals surface area contributed by atoms with Gasteiger partial charge in [-0.1, -0.05) is 161 Å². The standard InChI is InChI=1S/C37H70O5/c1-3-5-7-9-11-13-15-16-17-18-19-20-22-23-25-27-29-31-36(39)41-34-35(33-38)42-37(40)32-30-28-26-24-21-14-12-10-8-6-4-2/h10,12,35,38H,3-9,11,13-34H2,1-2H3. The molecule has 0 spiro atoms. The maximum absolute atomic E-state index is 12.1. The lowest BCUT2D eigenvalue weighted by Gasteiger charge is -2.15. The van der Waals surface area contributed by atoms with Gasteiger partial charge in [-0.05, 0) is 32.1 Å². The lowest BCUT2D eigenvalue weighted by atomic mass is 10.0. The van der Waals surface area contributed by atoms with Crippen molar-refractivity contribution in [3.8, 4) is 0 Å². The Bertz CT molecular complexity index is 603. The first-order valence-electron chi connectivity index (χ1n) is 18.2. The highest BCUT2D eigenvalue weighted by molar-refractivity contribution is 5.70.